The molecule has 0 unspecified atom stereocenters. The molecule has 0 spiro atoms. The van der Waals surface area contributed by atoms with E-state index in [9.17, 15) is 4.79 Å². The zero-order valence-corrected chi connectivity index (χ0v) is 18.0. The van der Waals surface area contributed by atoms with Crippen LogP contribution in [-0.4, -0.2) is 53.1 Å². The molecule has 1 amide bonds. The molecule has 0 aliphatic heterocycles. The standard InChI is InChI=1S/C23H23N5O4/c1-15-6-4-5-7-17(15)23(29)24-12-13-32-21-11-10-20-25-26-22(28(20)27-21)18-14-16(30-2)8-9-19(18)31-3/h4-11,14H,12-13H2,1-3H3,(H,24,29). The summed E-state index contributed by atoms with van der Waals surface area (Å²) in [5.41, 5.74) is 2.82. The third-order valence-electron chi connectivity index (χ3n) is 4.91. The minimum Gasteiger partial charge on any atom is -0.497 e. The number of aryl methyl sites for hydroxylation is 1. The minimum absolute atomic E-state index is 0.138. The summed E-state index contributed by atoms with van der Waals surface area (Å²) in [4.78, 5) is 12.3. The number of fused-ring (bicyclic) bond motifs is 1. The summed E-state index contributed by atoms with van der Waals surface area (Å²) in [5, 5.41) is 15.8. The van der Waals surface area contributed by atoms with Crippen molar-refractivity contribution in [3.63, 3.8) is 0 Å². The van der Waals surface area contributed by atoms with E-state index in [0.29, 0.717) is 46.5 Å². The second-order valence-electron chi connectivity index (χ2n) is 6.95. The molecule has 4 aromatic rings. The van der Waals surface area contributed by atoms with Gasteiger partial charge in [-0.1, -0.05) is 18.2 Å². The number of nitrogens with zero attached hydrogens (tertiary/aromatic N) is 4. The van der Waals surface area contributed by atoms with E-state index in [-0.39, 0.29) is 12.5 Å². The van der Waals surface area contributed by atoms with E-state index in [0.717, 1.165) is 5.56 Å². The molecule has 9 nitrogen and oxygen atoms in total. The Hall–Kier alpha value is -4.14. The van der Waals surface area contributed by atoms with Crippen LogP contribution in [0.3, 0.4) is 0 Å². The quantitative estimate of drug-likeness (QED) is 0.427. The second kappa shape index (κ2) is 9.34. The Kier molecular flexibility index (Phi) is 6.16. The summed E-state index contributed by atoms with van der Waals surface area (Å²) in [6, 6.07) is 16.3. The summed E-state index contributed by atoms with van der Waals surface area (Å²) in [7, 11) is 3.18. The van der Waals surface area contributed by atoms with Crippen LogP contribution in [0.2, 0.25) is 0 Å². The summed E-state index contributed by atoms with van der Waals surface area (Å²) < 4.78 is 18.1. The number of aromatic nitrogens is 4. The molecule has 4 rings (SSSR count). The van der Waals surface area contributed by atoms with Crippen molar-refractivity contribution < 1.29 is 19.0 Å². The van der Waals surface area contributed by atoms with E-state index >= 15 is 0 Å². The number of rotatable bonds is 8. The number of ether oxygens (including phenoxy) is 3. The van der Waals surface area contributed by atoms with E-state index in [1.807, 2.05) is 31.2 Å². The van der Waals surface area contributed by atoms with Crippen LogP contribution < -0.4 is 19.5 Å². The molecular weight excluding hydrogens is 410 g/mol. The largest absolute Gasteiger partial charge is 0.497 e. The zero-order chi connectivity index (χ0) is 22.5. The molecule has 0 fully saturated rings. The second-order valence-corrected chi connectivity index (χ2v) is 6.95. The van der Waals surface area contributed by atoms with Crippen LogP contribution in [0.4, 0.5) is 0 Å². The monoisotopic (exact) mass is 433 g/mol. The normalized spacial score (nSPS) is 10.7. The molecule has 0 atom stereocenters. The van der Waals surface area contributed by atoms with Crippen molar-refractivity contribution in [1.29, 1.82) is 0 Å². The van der Waals surface area contributed by atoms with Gasteiger partial charge in [0.25, 0.3) is 5.91 Å². The predicted octanol–water partition coefficient (Wildman–Crippen LogP) is 2.93. The van der Waals surface area contributed by atoms with Gasteiger partial charge in [-0.05, 0) is 42.8 Å². The number of carbonyl (C=O) groups excluding carboxylic acids is 1. The molecule has 0 aliphatic rings. The topological polar surface area (TPSA) is 99.9 Å². The highest BCUT2D eigenvalue weighted by molar-refractivity contribution is 5.95. The van der Waals surface area contributed by atoms with Crippen molar-refractivity contribution in [2.75, 3.05) is 27.4 Å². The Labute approximate surface area is 185 Å². The maximum absolute atomic E-state index is 12.3. The van der Waals surface area contributed by atoms with E-state index in [2.05, 4.69) is 20.6 Å². The Morgan fingerprint density at radius 3 is 2.66 bits per heavy atom. The lowest BCUT2D eigenvalue weighted by Crippen LogP contribution is -2.28. The van der Waals surface area contributed by atoms with Crippen LogP contribution in [-0.2, 0) is 0 Å². The maximum atomic E-state index is 12.3. The van der Waals surface area contributed by atoms with Gasteiger partial charge < -0.3 is 19.5 Å². The third kappa shape index (κ3) is 4.31. The fraction of sp³-hybridized carbons (Fsp3) is 0.217. The van der Waals surface area contributed by atoms with Gasteiger partial charge in [-0.2, -0.15) is 4.52 Å². The predicted molar refractivity (Wildman–Crippen MR) is 118 cm³/mol. The van der Waals surface area contributed by atoms with Gasteiger partial charge in [0.1, 0.15) is 18.1 Å². The average molecular weight is 433 g/mol. The SMILES string of the molecule is COc1ccc(OC)c(-c2nnc3ccc(OCCNC(=O)c4ccccc4C)nn23)c1. The van der Waals surface area contributed by atoms with Gasteiger partial charge in [0.2, 0.25) is 5.88 Å². The van der Waals surface area contributed by atoms with Crippen molar-refractivity contribution in [3.05, 3.63) is 65.7 Å². The van der Waals surface area contributed by atoms with Gasteiger partial charge in [-0.15, -0.1) is 15.3 Å². The summed E-state index contributed by atoms with van der Waals surface area (Å²) in [5.74, 6) is 2.02. The lowest BCUT2D eigenvalue weighted by molar-refractivity contribution is 0.0946. The van der Waals surface area contributed by atoms with Crippen LogP contribution in [0.25, 0.3) is 17.0 Å². The van der Waals surface area contributed by atoms with Crippen molar-refractivity contribution >= 4 is 11.6 Å². The van der Waals surface area contributed by atoms with Crippen molar-refractivity contribution in [3.8, 4) is 28.8 Å². The Balaban J connectivity index is 1.48. The van der Waals surface area contributed by atoms with E-state index < -0.39 is 0 Å². The van der Waals surface area contributed by atoms with Gasteiger partial charge in [0, 0.05) is 11.6 Å². The molecule has 9 heteroatoms. The number of nitrogens with one attached hydrogen (secondary N) is 1. The molecular formula is C23H23N5O4. The van der Waals surface area contributed by atoms with Gasteiger partial charge in [-0.3, -0.25) is 4.79 Å². The van der Waals surface area contributed by atoms with Crippen LogP contribution in [0.5, 0.6) is 17.4 Å². The fourth-order valence-corrected chi connectivity index (χ4v) is 3.25. The molecule has 164 valence electrons. The third-order valence-corrected chi connectivity index (χ3v) is 4.91. The summed E-state index contributed by atoms with van der Waals surface area (Å²) >= 11 is 0. The molecule has 0 saturated carbocycles. The van der Waals surface area contributed by atoms with Crippen LogP contribution >= 0.6 is 0 Å². The molecule has 0 saturated heterocycles. The highest BCUT2D eigenvalue weighted by Gasteiger charge is 2.16. The molecule has 0 bridgehead atoms. The molecule has 0 radical (unpaired) electrons. The Bertz CT molecular complexity index is 1250. The summed E-state index contributed by atoms with van der Waals surface area (Å²) in [6.45, 7) is 2.50. The van der Waals surface area contributed by atoms with E-state index in [4.69, 9.17) is 14.2 Å². The lowest BCUT2D eigenvalue weighted by atomic mass is 10.1. The molecule has 2 aromatic carbocycles. The van der Waals surface area contributed by atoms with Crippen molar-refractivity contribution in [2.24, 2.45) is 0 Å². The first-order valence-electron chi connectivity index (χ1n) is 10.0. The number of hydrogen-bond acceptors (Lipinski definition) is 7. The lowest BCUT2D eigenvalue weighted by Gasteiger charge is -2.10. The Morgan fingerprint density at radius 2 is 1.88 bits per heavy atom. The zero-order valence-electron chi connectivity index (χ0n) is 18.0. The van der Waals surface area contributed by atoms with Crippen LogP contribution in [0.1, 0.15) is 15.9 Å². The molecule has 1 N–H and O–H groups in total. The van der Waals surface area contributed by atoms with Gasteiger partial charge in [0.15, 0.2) is 11.5 Å². The van der Waals surface area contributed by atoms with Crippen molar-refractivity contribution in [2.45, 2.75) is 6.92 Å². The van der Waals surface area contributed by atoms with Gasteiger partial charge in [0.05, 0.1) is 26.3 Å². The number of hydrogen-bond donors (Lipinski definition) is 1. The average Bonchev–Trinajstić information content (AvgIpc) is 3.24. The first-order chi connectivity index (χ1) is 15.6. The fourth-order valence-electron chi connectivity index (χ4n) is 3.25. The van der Waals surface area contributed by atoms with Crippen LogP contribution in [0.15, 0.2) is 54.6 Å². The first-order valence-corrected chi connectivity index (χ1v) is 10.0. The number of carbonyl (C=O) groups is 1. The molecule has 2 heterocycles. The van der Waals surface area contributed by atoms with Gasteiger partial charge in [-0.25, -0.2) is 0 Å². The molecule has 32 heavy (non-hydrogen) atoms. The number of amides is 1. The summed E-state index contributed by atoms with van der Waals surface area (Å²) in [6.07, 6.45) is 0. The van der Waals surface area contributed by atoms with Crippen LogP contribution in [0, 0.1) is 6.92 Å². The first kappa shape index (κ1) is 21.1. The highest BCUT2D eigenvalue weighted by Crippen LogP contribution is 2.32. The molecule has 0 aliphatic carbocycles. The van der Waals surface area contributed by atoms with E-state index in [1.54, 1.807) is 49.1 Å². The highest BCUT2D eigenvalue weighted by atomic mass is 16.5. The van der Waals surface area contributed by atoms with E-state index in [1.165, 1.54) is 0 Å². The Morgan fingerprint density at radius 1 is 1.03 bits per heavy atom. The smallest absolute Gasteiger partial charge is 0.251 e. The number of methoxy groups -OCH3 is 2. The molecule has 2 aromatic heterocycles. The van der Waals surface area contributed by atoms with Crippen molar-refractivity contribution in [1.82, 2.24) is 25.1 Å². The minimum atomic E-state index is -0.138. The maximum Gasteiger partial charge on any atom is 0.251 e. The number of benzene rings is 2. The van der Waals surface area contributed by atoms with Gasteiger partial charge >= 0.3 is 0 Å².